The van der Waals surface area contributed by atoms with Gasteiger partial charge in [-0.25, -0.2) is 14.6 Å². The van der Waals surface area contributed by atoms with Crippen LogP contribution in [0.4, 0.5) is 13.2 Å². The maximum Gasteiger partial charge on any atom is 0.573 e. The number of aromatic nitrogens is 5. The lowest BCUT2D eigenvalue weighted by atomic mass is 9.84. The first-order valence-electron chi connectivity index (χ1n) is 10.4. The lowest BCUT2D eigenvalue weighted by Gasteiger charge is -2.22. The molecule has 0 saturated heterocycles. The van der Waals surface area contributed by atoms with Crippen LogP contribution >= 0.6 is 0 Å². The molecule has 7 nitrogen and oxygen atoms in total. The summed E-state index contributed by atoms with van der Waals surface area (Å²) in [6.45, 7) is 1.50. The quantitative estimate of drug-likeness (QED) is 0.579. The van der Waals surface area contributed by atoms with Crippen LogP contribution in [-0.4, -0.2) is 31.1 Å². The Morgan fingerprint density at radius 3 is 2.53 bits per heavy atom. The zero-order chi connectivity index (χ0) is 22.7. The SMILES string of the molecule is Cc1ncc(-c2cc(C3CCCCC3)c(=O)n(Cc3ncccc3OC(F)(F)F)n2)cn1. The Kier molecular flexibility index (Phi) is 6.20. The van der Waals surface area contributed by atoms with Crippen molar-refractivity contribution in [3.05, 3.63) is 64.2 Å². The van der Waals surface area contributed by atoms with Gasteiger partial charge in [-0.2, -0.15) is 5.10 Å². The average Bonchev–Trinajstić information content (AvgIpc) is 2.76. The highest BCUT2D eigenvalue weighted by atomic mass is 19.4. The molecule has 0 atom stereocenters. The third-order valence-electron chi connectivity index (χ3n) is 5.50. The Bertz CT molecular complexity index is 1140. The summed E-state index contributed by atoms with van der Waals surface area (Å²) in [6, 6.07) is 4.27. The molecule has 32 heavy (non-hydrogen) atoms. The summed E-state index contributed by atoms with van der Waals surface area (Å²) in [5.74, 6) is 0.208. The molecule has 1 saturated carbocycles. The maximum atomic E-state index is 13.3. The molecule has 0 radical (unpaired) electrons. The molecule has 1 fully saturated rings. The number of nitrogens with zero attached hydrogens (tertiary/aromatic N) is 5. The predicted molar refractivity (Wildman–Crippen MR) is 110 cm³/mol. The van der Waals surface area contributed by atoms with Crippen molar-refractivity contribution in [1.29, 1.82) is 0 Å². The number of rotatable bonds is 5. The number of pyridine rings is 1. The fourth-order valence-electron chi connectivity index (χ4n) is 3.94. The van der Waals surface area contributed by atoms with Crippen molar-refractivity contribution in [2.24, 2.45) is 0 Å². The van der Waals surface area contributed by atoms with Crippen molar-refractivity contribution in [3.63, 3.8) is 0 Å². The van der Waals surface area contributed by atoms with Crippen LogP contribution in [0.1, 0.15) is 55.1 Å². The van der Waals surface area contributed by atoms with Crippen LogP contribution in [0.5, 0.6) is 5.75 Å². The predicted octanol–water partition coefficient (Wildman–Crippen LogP) is 4.40. The summed E-state index contributed by atoms with van der Waals surface area (Å²) in [7, 11) is 0. The Balaban J connectivity index is 1.78. The molecule has 168 valence electrons. The van der Waals surface area contributed by atoms with Gasteiger partial charge in [-0.15, -0.1) is 13.2 Å². The lowest BCUT2D eigenvalue weighted by Crippen LogP contribution is -2.30. The number of aryl methyl sites for hydroxylation is 1. The monoisotopic (exact) mass is 445 g/mol. The van der Waals surface area contributed by atoms with E-state index in [1.54, 1.807) is 25.4 Å². The number of hydrogen-bond acceptors (Lipinski definition) is 6. The summed E-state index contributed by atoms with van der Waals surface area (Å²) in [4.78, 5) is 25.7. The number of alkyl halides is 3. The molecule has 0 amide bonds. The molecular formula is C22H22F3N5O2. The second kappa shape index (κ2) is 9.05. The largest absolute Gasteiger partial charge is 0.573 e. The Morgan fingerprint density at radius 2 is 1.84 bits per heavy atom. The number of hydrogen-bond donors (Lipinski definition) is 0. The molecule has 10 heteroatoms. The van der Waals surface area contributed by atoms with Crippen LogP contribution in [0.2, 0.25) is 0 Å². The highest BCUT2D eigenvalue weighted by Crippen LogP contribution is 2.32. The fourth-order valence-corrected chi connectivity index (χ4v) is 3.94. The minimum atomic E-state index is -4.87. The minimum Gasteiger partial charge on any atom is -0.404 e. The van der Waals surface area contributed by atoms with Gasteiger partial charge in [0.05, 0.1) is 12.2 Å². The van der Waals surface area contributed by atoms with E-state index >= 15 is 0 Å². The minimum absolute atomic E-state index is 0.0358. The Hall–Kier alpha value is -3.30. The molecule has 3 heterocycles. The number of ether oxygens (including phenoxy) is 1. The van der Waals surface area contributed by atoms with E-state index < -0.39 is 12.1 Å². The van der Waals surface area contributed by atoms with Crippen molar-refractivity contribution in [2.45, 2.75) is 57.9 Å². The van der Waals surface area contributed by atoms with Gasteiger partial charge in [-0.05, 0) is 43.9 Å². The molecular weight excluding hydrogens is 423 g/mol. The summed E-state index contributed by atoms with van der Waals surface area (Å²) in [5, 5.41) is 4.41. The van der Waals surface area contributed by atoms with Crippen molar-refractivity contribution in [1.82, 2.24) is 24.7 Å². The second-order valence-electron chi connectivity index (χ2n) is 7.80. The first kappa shape index (κ1) is 21.9. The van der Waals surface area contributed by atoms with Crippen molar-refractivity contribution in [2.75, 3.05) is 0 Å². The van der Waals surface area contributed by atoms with E-state index in [1.807, 2.05) is 0 Å². The first-order chi connectivity index (χ1) is 15.3. The van der Waals surface area contributed by atoms with Gasteiger partial charge in [-0.1, -0.05) is 19.3 Å². The molecule has 3 aromatic rings. The number of halogens is 3. The fraction of sp³-hybridized carbons (Fsp3) is 0.409. The standard InChI is InChI=1S/C22H22F3N5O2/c1-14-27-11-16(12-28-14)18-10-17(15-6-3-2-4-7-15)21(31)30(29-18)13-19-20(8-5-9-26-19)32-22(23,24)25/h5,8-12,15H,2-4,6-7,13H2,1H3. The summed E-state index contributed by atoms with van der Waals surface area (Å²) in [5.41, 5.74) is 1.33. The lowest BCUT2D eigenvalue weighted by molar-refractivity contribution is -0.275. The summed E-state index contributed by atoms with van der Waals surface area (Å²) < 4.78 is 43.7. The molecule has 1 aliphatic carbocycles. The van der Waals surface area contributed by atoms with Crippen LogP contribution in [-0.2, 0) is 6.54 Å². The third-order valence-corrected chi connectivity index (χ3v) is 5.50. The molecule has 1 aliphatic rings. The van der Waals surface area contributed by atoms with Crippen molar-refractivity contribution in [3.8, 4) is 17.0 Å². The maximum absolute atomic E-state index is 13.3. The van der Waals surface area contributed by atoms with Gasteiger partial charge in [0.1, 0.15) is 11.5 Å². The molecule has 0 aromatic carbocycles. The Labute approximate surface area is 182 Å². The van der Waals surface area contributed by atoms with Crippen LogP contribution in [0, 0.1) is 6.92 Å². The zero-order valence-corrected chi connectivity index (χ0v) is 17.5. The van der Waals surface area contributed by atoms with E-state index in [0.717, 1.165) is 36.8 Å². The van der Waals surface area contributed by atoms with Crippen LogP contribution < -0.4 is 10.3 Å². The van der Waals surface area contributed by atoms with Crippen LogP contribution in [0.15, 0.2) is 41.6 Å². The molecule has 4 rings (SSSR count). The van der Waals surface area contributed by atoms with Crippen LogP contribution in [0.25, 0.3) is 11.3 Å². The van der Waals surface area contributed by atoms with E-state index in [4.69, 9.17) is 0 Å². The van der Waals surface area contributed by atoms with E-state index in [-0.39, 0.29) is 23.7 Å². The van der Waals surface area contributed by atoms with Gasteiger partial charge in [0.2, 0.25) is 0 Å². The molecule has 3 aromatic heterocycles. The van der Waals surface area contributed by atoms with Gasteiger partial charge in [0.25, 0.3) is 5.56 Å². The smallest absolute Gasteiger partial charge is 0.404 e. The summed E-state index contributed by atoms with van der Waals surface area (Å²) >= 11 is 0. The highest BCUT2D eigenvalue weighted by molar-refractivity contribution is 5.57. The van der Waals surface area contributed by atoms with Gasteiger partial charge in [0, 0.05) is 29.7 Å². The molecule has 0 aliphatic heterocycles. The molecule has 0 N–H and O–H groups in total. The molecule has 0 spiro atoms. The van der Waals surface area contributed by atoms with Crippen molar-refractivity contribution < 1.29 is 17.9 Å². The second-order valence-corrected chi connectivity index (χ2v) is 7.80. The van der Waals surface area contributed by atoms with Gasteiger partial charge < -0.3 is 4.74 Å². The highest BCUT2D eigenvalue weighted by Gasteiger charge is 2.32. The van der Waals surface area contributed by atoms with Gasteiger partial charge >= 0.3 is 6.36 Å². The average molecular weight is 445 g/mol. The van der Waals surface area contributed by atoms with E-state index in [9.17, 15) is 18.0 Å². The third kappa shape index (κ3) is 5.12. The van der Waals surface area contributed by atoms with E-state index in [0.29, 0.717) is 22.6 Å². The van der Waals surface area contributed by atoms with Crippen molar-refractivity contribution >= 4 is 0 Å². The van der Waals surface area contributed by atoms with Gasteiger partial charge in [-0.3, -0.25) is 9.78 Å². The first-order valence-corrected chi connectivity index (χ1v) is 10.4. The molecule has 0 bridgehead atoms. The molecule has 0 unspecified atom stereocenters. The van der Waals surface area contributed by atoms with E-state index in [2.05, 4.69) is 24.8 Å². The van der Waals surface area contributed by atoms with Gasteiger partial charge in [0.15, 0.2) is 5.75 Å². The summed E-state index contributed by atoms with van der Waals surface area (Å²) in [6.07, 6.45) is 4.66. The topological polar surface area (TPSA) is 82.8 Å². The van der Waals surface area contributed by atoms with E-state index in [1.165, 1.54) is 18.3 Å². The Morgan fingerprint density at radius 1 is 1.12 bits per heavy atom. The normalized spacial score (nSPS) is 15.0. The zero-order valence-electron chi connectivity index (χ0n) is 17.5. The van der Waals surface area contributed by atoms with Crippen LogP contribution in [0.3, 0.4) is 0 Å².